The predicted molar refractivity (Wildman–Crippen MR) is 94.3 cm³/mol. The van der Waals surface area contributed by atoms with Gasteiger partial charge in [0.05, 0.1) is 11.0 Å². The summed E-state index contributed by atoms with van der Waals surface area (Å²) < 4.78 is 0. The number of hydrogen-bond donors (Lipinski definition) is 1. The molecule has 0 fully saturated rings. The fraction of sp³-hybridized carbons (Fsp3) is 0.294. The highest BCUT2D eigenvalue weighted by molar-refractivity contribution is 6.32. The second-order valence-corrected chi connectivity index (χ2v) is 4.16. The van der Waals surface area contributed by atoms with Crippen molar-refractivity contribution in [3.8, 4) is 0 Å². The lowest BCUT2D eigenvalue weighted by Gasteiger charge is -2.05. The number of nitrogens with zero attached hydrogens (tertiary/aromatic N) is 2. The first-order valence-electron chi connectivity index (χ1n) is 7.32. The minimum absolute atomic E-state index is 0.398. The normalized spacial score (nSPS) is 9.43. The molecule has 112 valence electrons. The van der Waals surface area contributed by atoms with Crippen LogP contribution in [0.1, 0.15) is 27.7 Å². The lowest BCUT2D eigenvalue weighted by molar-refractivity contribution is 1.27. The average Bonchev–Trinajstić information content (AvgIpc) is 2.56. The average molecular weight is 304 g/mol. The molecule has 3 rings (SSSR count). The molecule has 0 bridgehead atoms. The highest BCUT2D eigenvalue weighted by atomic mass is 35.5. The second-order valence-electron chi connectivity index (χ2n) is 3.80. The van der Waals surface area contributed by atoms with Gasteiger partial charge in [-0.15, -0.1) is 0 Å². The zero-order chi connectivity index (χ0) is 15.8. The molecule has 0 aliphatic carbocycles. The molecule has 21 heavy (non-hydrogen) atoms. The Kier molecular flexibility index (Phi) is 6.89. The van der Waals surface area contributed by atoms with Crippen LogP contribution in [0.4, 0.5) is 5.82 Å². The predicted octanol–water partition coefficient (Wildman–Crippen LogP) is 5.53. The fourth-order valence-corrected chi connectivity index (χ4v) is 2.11. The Hall–Kier alpha value is -1.87. The van der Waals surface area contributed by atoms with Gasteiger partial charge in [-0.2, -0.15) is 0 Å². The SMILES string of the molecule is CC.CC.CNc1nc2cc3ccccc3cc2nc1Cl. The van der Waals surface area contributed by atoms with Crippen molar-refractivity contribution in [1.29, 1.82) is 0 Å². The van der Waals surface area contributed by atoms with Crippen LogP contribution < -0.4 is 5.32 Å². The Morgan fingerprint density at radius 1 is 0.857 bits per heavy atom. The summed E-state index contributed by atoms with van der Waals surface area (Å²) in [5.74, 6) is 0.606. The van der Waals surface area contributed by atoms with Gasteiger partial charge in [0.15, 0.2) is 11.0 Å². The maximum absolute atomic E-state index is 6.02. The topological polar surface area (TPSA) is 37.8 Å². The number of hydrogen-bond acceptors (Lipinski definition) is 3. The highest BCUT2D eigenvalue weighted by Crippen LogP contribution is 2.24. The summed E-state index contributed by atoms with van der Waals surface area (Å²) in [6, 6.07) is 12.2. The fourth-order valence-electron chi connectivity index (χ4n) is 1.88. The second kappa shape index (κ2) is 8.42. The molecule has 0 unspecified atom stereocenters. The number of fused-ring (bicyclic) bond motifs is 2. The van der Waals surface area contributed by atoms with Gasteiger partial charge in [0.2, 0.25) is 0 Å². The number of anilines is 1. The van der Waals surface area contributed by atoms with E-state index in [1.807, 2.05) is 52.0 Å². The third kappa shape index (κ3) is 3.82. The molecule has 2 aromatic carbocycles. The molecule has 3 aromatic rings. The molecule has 0 radical (unpaired) electrons. The first-order chi connectivity index (χ1) is 10.3. The number of nitrogens with one attached hydrogen (secondary N) is 1. The third-order valence-electron chi connectivity index (χ3n) is 2.73. The van der Waals surface area contributed by atoms with Gasteiger partial charge < -0.3 is 5.32 Å². The lowest BCUT2D eigenvalue weighted by Crippen LogP contribution is -1.96. The highest BCUT2D eigenvalue weighted by Gasteiger charge is 2.06. The van der Waals surface area contributed by atoms with E-state index in [2.05, 4.69) is 27.4 Å². The van der Waals surface area contributed by atoms with Crippen LogP contribution in [0.2, 0.25) is 5.15 Å². The standard InChI is InChI=1S/C13H10ClN3.2C2H6/c1-15-13-12(14)16-10-6-8-4-2-3-5-9(8)7-11(10)17-13;2*1-2/h2-7H,1H3,(H,15,17);2*1-2H3. The summed E-state index contributed by atoms with van der Waals surface area (Å²) >= 11 is 6.02. The Bertz CT molecular complexity index is 711. The molecule has 1 aromatic heterocycles. The molecule has 0 aliphatic heterocycles. The van der Waals surface area contributed by atoms with E-state index in [4.69, 9.17) is 11.6 Å². The van der Waals surface area contributed by atoms with Gasteiger partial charge in [0.25, 0.3) is 0 Å². The summed E-state index contributed by atoms with van der Waals surface area (Å²) in [6.07, 6.45) is 0. The maximum atomic E-state index is 6.02. The molecule has 0 saturated heterocycles. The van der Waals surface area contributed by atoms with E-state index in [1.165, 1.54) is 0 Å². The molecule has 0 atom stereocenters. The first kappa shape index (κ1) is 17.2. The zero-order valence-corrected chi connectivity index (χ0v) is 14.0. The Morgan fingerprint density at radius 3 is 1.81 bits per heavy atom. The molecular weight excluding hydrogens is 282 g/mol. The Morgan fingerprint density at radius 2 is 1.33 bits per heavy atom. The molecule has 1 heterocycles. The van der Waals surface area contributed by atoms with E-state index in [0.29, 0.717) is 11.0 Å². The van der Waals surface area contributed by atoms with Crippen molar-refractivity contribution in [3.05, 3.63) is 41.6 Å². The van der Waals surface area contributed by atoms with Crippen molar-refractivity contribution in [2.24, 2.45) is 0 Å². The zero-order valence-electron chi connectivity index (χ0n) is 13.2. The smallest absolute Gasteiger partial charge is 0.172 e. The van der Waals surface area contributed by atoms with Crippen molar-refractivity contribution in [2.45, 2.75) is 27.7 Å². The molecule has 3 nitrogen and oxygen atoms in total. The van der Waals surface area contributed by atoms with Crippen LogP contribution in [-0.4, -0.2) is 17.0 Å². The molecule has 0 aliphatic rings. The van der Waals surface area contributed by atoms with Crippen molar-refractivity contribution in [2.75, 3.05) is 12.4 Å². The van der Waals surface area contributed by atoms with E-state index >= 15 is 0 Å². The summed E-state index contributed by atoms with van der Waals surface area (Å²) in [4.78, 5) is 8.77. The van der Waals surface area contributed by atoms with Crippen molar-refractivity contribution >= 4 is 39.2 Å². The molecular formula is C17H22ClN3. The number of halogens is 1. The van der Waals surface area contributed by atoms with Gasteiger partial charge in [-0.25, -0.2) is 9.97 Å². The van der Waals surface area contributed by atoms with Gasteiger partial charge in [0, 0.05) is 7.05 Å². The first-order valence-corrected chi connectivity index (χ1v) is 7.69. The van der Waals surface area contributed by atoms with Crippen LogP contribution in [0.3, 0.4) is 0 Å². The minimum atomic E-state index is 0.398. The van der Waals surface area contributed by atoms with E-state index in [-0.39, 0.29) is 0 Å². The van der Waals surface area contributed by atoms with Gasteiger partial charge >= 0.3 is 0 Å². The molecule has 4 heteroatoms. The van der Waals surface area contributed by atoms with Crippen LogP contribution in [0, 0.1) is 0 Å². The van der Waals surface area contributed by atoms with Gasteiger partial charge in [0.1, 0.15) is 0 Å². The van der Waals surface area contributed by atoms with Crippen LogP contribution in [0.5, 0.6) is 0 Å². The van der Waals surface area contributed by atoms with E-state index in [0.717, 1.165) is 21.8 Å². The lowest BCUT2D eigenvalue weighted by atomic mass is 10.1. The summed E-state index contributed by atoms with van der Waals surface area (Å²) in [5.41, 5.74) is 1.66. The third-order valence-corrected chi connectivity index (χ3v) is 2.99. The molecule has 0 spiro atoms. The molecule has 0 saturated carbocycles. The summed E-state index contributed by atoms with van der Waals surface area (Å²) in [7, 11) is 1.78. The Labute approximate surface area is 131 Å². The van der Waals surface area contributed by atoms with Crippen molar-refractivity contribution < 1.29 is 0 Å². The van der Waals surface area contributed by atoms with Crippen LogP contribution in [0.25, 0.3) is 21.8 Å². The van der Waals surface area contributed by atoms with Gasteiger partial charge in [-0.3, -0.25) is 0 Å². The van der Waals surface area contributed by atoms with Crippen molar-refractivity contribution in [3.63, 3.8) is 0 Å². The minimum Gasteiger partial charge on any atom is -0.371 e. The van der Waals surface area contributed by atoms with Crippen molar-refractivity contribution in [1.82, 2.24) is 9.97 Å². The largest absolute Gasteiger partial charge is 0.371 e. The number of rotatable bonds is 1. The van der Waals surface area contributed by atoms with Crippen LogP contribution in [0.15, 0.2) is 36.4 Å². The quantitative estimate of drug-likeness (QED) is 0.601. The van der Waals surface area contributed by atoms with Gasteiger partial charge in [-0.1, -0.05) is 63.6 Å². The number of benzene rings is 2. The summed E-state index contributed by atoms with van der Waals surface area (Å²) in [5, 5.41) is 5.62. The van der Waals surface area contributed by atoms with E-state index in [1.54, 1.807) is 7.05 Å². The number of aromatic nitrogens is 2. The molecule has 0 amide bonds. The molecule has 1 N–H and O–H groups in total. The van der Waals surface area contributed by atoms with E-state index < -0.39 is 0 Å². The maximum Gasteiger partial charge on any atom is 0.172 e. The summed E-state index contributed by atoms with van der Waals surface area (Å²) in [6.45, 7) is 8.00. The van der Waals surface area contributed by atoms with Crippen LogP contribution in [-0.2, 0) is 0 Å². The van der Waals surface area contributed by atoms with E-state index in [9.17, 15) is 0 Å². The monoisotopic (exact) mass is 303 g/mol. The van der Waals surface area contributed by atoms with Gasteiger partial charge in [-0.05, 0) is 22.9 Å². The Balaban J connectivity index is 0.000000510. The van der Waals surface area contributed by atoms with Crippen LogP contribution >= 0.6 is 11.6 Å².